The zero-order chi connectivity index (χ0) is 14.8. The third-order valence-corrected chi connectivity index (χ3v) is 4.20. The van der Waals surface area contributed by atoms with Gasteiger partial charge in [-0.1, -0.05) is 72.8 Å². The maximum absolute atomic E-state index is 3.70. The lowest BCUT2D eigenvalue weighted by Crippen LogP contribution is -2.30. The molecule has 3 aromatic rings. The Labute approximate surface area is 130 Å². The first-order chi connectivity index (χ1) is 10.9. The molecule has 108 valence electrons. The van der Waals surface area contributed by atoms with E-state index in [0.29, 0.717) is 0 Å². The van der Waals surface area contributed by atoms with Crippen LogP contribution in [0.1, 0.15) is 23.2 Å². The van der Waals surface area contributed by atoms with E-state index >= 15 is 0 Å². The lowest BCUT2D eigenvalue weighted by atomic mass is 9.91. The van der Waals surface area contributed by atoms with Gasteiger partial charge in [-0.25, -0.2) is 0 Å². The Hall–Kier alpha value is -2.74. The summed E-state index contributed by atoms with van der Waals surface area (Å²) in [7, 11) is 0. The molecule has 0 amide bonds. The first-order valence-electron chi connectivity index (χ1n) is 7.64. The predicted octanol–water partition coefficient (Wildman–Crippen LogP) is 5.01. The summed E-state index contributed by atoms with van der Waals surface area (Å²) >= 11 is 0. The van der Waals surface area contributed by atoms with E-state index in [1.165, 1.54) is 11.1 Å². The number of hydrogen-bond donors (Lipinski definition) is 2. The fourth-order valence-electron chi connectivity index (χ4n) is 3.11. The number of nitrogens with one attached hydrogen (secondary N) is 2. The molecule has 0 fully saturated rings. The van der Waals surface area contributed by atoms with E-state index in [4.69, 9.17) is 0 Å². The Morgan fingerprint density at radius 3 is 1.23 bits per heavy atom. The summed E-state index contributed by atoms with van der Waals surface area (Å²) in [6, 6.07) is 30.0. The molecule has 2 nitrogen and oxygen atoms in total. The molecule has 4 rings (SSSR count). The van der Waals surface area contributed by atoms with Gasteiger partial charge in [-0.05, 0) is 23.3 Å². The Bertz CT molecular complexity index is 686. The summed E-state index contributed by atoms with van der Waals surface area (Å²) in [6.07, 6.45) is 0. The number of fused-ring (bicyclic) bond motifs is 1. The first-order valence-corrected chi connectivity index (χ1v) is 7.64. The average Bonchev–Trinajstić information content (AvgIpc) is 2.62. The monoisotopic (exact) mass is 286 g/mol. The highest BCUT2D eigenvalue weighted by Gasteiger charge is 2.29. The van der Waals surface area contributed by atoms with Gasteiger partial charge in [-0.3, -0.25) is 0 Å². The molecule has 1 aliphatic rings. The SMILES string of the molecule is c1ccc([C@H]2Nc3ccccc3N[C@@H]2c2ccccc2)cc1. The third kappa shape index (κ3) is 2.33. The minimum atomic E-state index is 0.207. The zero-order valence-corrected chi connectivity index (χ0v) is 12.2. The molecule has 0 saturated heterocycles. The van der Waals surface area contributed by atoms with Crippen LogP contribution in [0.25, 0.3) is 0 Å². The van der Waals surface area contributed by atoms with Crippen LogP contribution in [0, 0.1) is 0 Å². The molecule has 0 unspecified atom stereocenters. The molecule has 1 heterocycles. The number of para-hydroxylation sites is 2. The minimum absolute atomic E-state index is 0.207. The van der Waals surface area contributed by atoms with Crippen molar-refractivity contribution in [3.05, 3.63) is 96.1 Å². The molecule has 0 spiro atoms. The van der Waals surface area contributed by atoms with Crippen LogP contribution < -0.4 is 10.6 Å². The quantitative estimate of drug-likeness (QED) is 0.692. The summed E-state index contributed by atoms with van der Waals surface area (Å²) in [5.74, 6) is 0. The summed E-state index contributed by atoms with van der Waals surface area (Å²) in [6.45, 7) is 0. The van der Waals surface area contributed by atoms with Crippen molar-refractivity contribution in [3.63, 3.8) is 0 Å². The first kappa shape index (κ1) is 13.0. The van der Waals surface area contributed by atoms with Gasteiger partial charge in [-0.2, -0.15) is 0 Å². The van der Waals surface area contributed by atoms with Crippen LogP contribution in [0.15, 0.2) is 84.9 Å². The molecular weight excluding hydrogens is 268 g/mol. The van der Waals surface area contributed by atoms with Crippen molar-refractivity contribution in [2.75, 3.05) is 10.6 Å². The van der Waals surface area contributed by atoms with E-state index < -0.39 is 0 Å². The Balaban J connectivity index is 1.79. The molecule has 2 atom stereocenters. The van der Waals surface area contributed by atoms with Gasteiger partial charge in [0, 0.05) is 0 Å². The van der Waals surface area contributed by atoms with Gasteiger partial charge in [0.1, 0.15) is 0 Å². The van der Waals surface area contributed by atoms with E-state index in [2.05, 4.69) is 95.6 Å². The molecule has 3 aromatic carbocycles. The van der Waals surface area contributed by atoms with E-state index in [1.54, 1.807) is 0 Å². The largest absolute Gasteiger partial charge is 0.374 e. The second kappa shape index (κ2) is 5.57. The van der Waals surface area contributed by atoms with Crippen molar-refractivity contribution in [1.29, 1.82) is 0 Å². The molecule has 0 bridgehead atoms. The van der Waals surface area contributed by atoms with Crippen molar-refractivity contribution in [3.8, 4) is 0 Å². The van der Waals surface area contributed by atoms with Crippen LogP contribution in [0.4, 0.5) is 11.4 Å². The second-order valence-corrected chi connectivity index (χ2v) is 5.61. The molecule has 0 saturated carbocycles. The highest BCUT2D eigenvalue weighted by molar-refractivity contribution is 5.72. The zero-order valence-electron chi connectivity index (χ0n) is 12.2. The standard InChI is InChI=1S/C20H18N2/c1-3-9-15(10-4-1)19-20(16-11-5-2-6-12-16)22-18-14-8-7-13-17(18)21-19/h1-14,19-22H/t19-,20-/m1/s1. The molecule has 0 aliphatic carbocycles. The third-order valence-electron chi connectivity index (χ3n) is 4.20. The molecule has 2 heteroatoms. The van der Waals surface area contributed by atoms with Crippen LogP contribution >= 0.6 is 0 Å². The average molecular weight is 286 g/mol. The van der Waals surface area contributed by atoms with E-state index in [0.717, 1.165) is 11.4 Å². The normalized spacial score (nSPS) is 19.6. The van der Waals surface area contributed by atoms with E-state index in [1.807, 2.05) is 0 Å². The lowest BCUT2D eigenvalue weighted by molar-refractivity contribution is 0.636. The highest BCUT2D eigenvalue weighted by atomic mass is 15.1. The molecule has 1 aliphatic heterocycles. The van der Waals surface area contributed by atoms with Gasteiger partial charge < -0.3 is 10.6 Å². The lowest BCUT2D eigenvalue weighted by Gasteiger charge is -2.37. The molecular formula is C20H18N2. The molecule has 0 aromatic heterocycles. The highest BCUT2D eigenvalue weighted by Crippen LogP contribution is 2.41. The molecule has 2 N–H and O–H groups in total. The minimum Gasteiger partial charge on any atom is -0.374 e. The van der Waals surface area contributed by atoms with Crippen LogP contribution in [0.5, 0.6) is 0 Å². The van der Waals surface area contributed by atoms with Crippen molar-refractivity contribution in [2.24, 2.45) is 0 Å². The van der Waals surface area contributed by atoms with Gasteiger partial charge in [0.05, 0.1) is 23.5 Å². The van der Waals surface area contributed by atoms with Gasteiger partial charge in [0.2, 0.25) is 0 Å². The van der Waals surface area contributed by atoms with Gasteiger partial charge in [0.25, 0.3) is 0 Å². The Morgan fingerprint density at radius 2 is 0.818 bits per heavy atom. The van der Waals surface area contributed by atoms with Crippen LogP contribution in [0.2, 0.25) is 0 Å². The smallest absolute Gasteiger partial charge is 0.0758 e. The summed E-state index contributed by atoms with van der Waals surface area (Å²) in [4.78, 5) is 0. The maximum atomic E-state index is 3.70. The topological polar surface area (TPSA) is 24.1 Å². The van der Waals surface area contributed by atoms with Crippen molar-refractivity contribution >= 4 is 11.4 Å². The number of benzene rings is 3. The second-order valence-electron chi connectivity index (χ2n) is 5.61. The summed E-state index contributed by atoms with van der Waals surface area (Å²) < 4.78 is 0. The number of hydrogen-bond acceptors (Lipinski definition) is 2. The Kier molecular flexibility index (Phi) is 3.28. The van der Waals surface area contributed by atoms with Crippen molar-refractivity contribution < 1.29 is 0 Å². The molecule has 0 radical (unpaired) electrons. The van der Waals surface area contributed by atoms with Crippen LogP contribution in [-0.2, 0) is 0 Å². The summed E-state index contributed by atoms with van der Waals surface area (Å²) in [5, 5.41) is 7.40. The van der Waals surface area contributed by atoms with Gasteiger partial charge >= 0.3 is 0 Å². The van der Waals surface area contributed by atoms with Gasteiger partial charge in [-0.15, -0.1) is 0 Å². The number of rotatable bonds is 2. The van der Waals surface area contributed by atoms with E-state index in [-0.39, 0.29) is 12.1 Å². The predicted molar refractivity (Wildman–Crippen MR) is 92.1 cm³/mol. The molecule has 22 heavy (non-hydrogen) atoms. The fraction of sp³-hybridized carbons (Fsp3) is 0.100. The fourth-order valence-corrected chi connectivity index (χ4v) is 3.11. The maximum Gasteiger partial charge on any atom is 0.0758 e. The number of anilines is 2. The van der Waals surface area contributed by atoms with Gasteiger partial charge in [0.15, 0.2) is 0 Å². The van der Waals surface area contributed by atoms with Crippen molar-refractivity contribution in [2.45, 2.75) is 12.1 Å². The van der Waals surface area contributed by atoms with E-state index in [9.17, 15) is 0 Å². The van der Waals surface area contributed by atoms with Crippen molar-refractivity contribution in [1.82, 2.24) is 0 Å². The summed E-state index contributed by atoms with van der Waals surface area (Å²) in [5.41, 5.74) is 4.89. The van der Waals surface area contributed by atoms with Crippen LogP contribution in [0.3, 0.4) is 0 Å². The Morgan fingerprint density at radius 1 is 0.455 bits per heavy atom. The van der Waals surface area contributed by atoms with Crippen LogP contribution in [-0.4, -0.2) is 0 Å².